The first-order valence-corrected chi connectivity index (χ1v) is 6.12. The monoisotopic (exact) mass is 278 g/mol. The summed E-state index contributed by atoms with van der Waals surface area (Å²) in [5.41, 5.74) is 5.81. The fraction of sp³-hybridized carbons (Fsp3) is 0.231. The molecule has 0 bridgehead atoms. The molecule has 0 saturated carbocycles. The molecule has 0 amide bonds. The second kappa shape index (κ2) is 4.38. The van der Waals surface area contributed by atoms with Gasteiger partial charge < -0.3 is 10.8 Å². The van der Waals surface area contributed by atoms with E-state index in [1.54, 1.807) is 6.92 Å². The average molecular weight is 278 g/mol. The maximum atomic E-state index is 14.2. The fourth-order valence-electron chi connectivity index (χ4n) is 2.47. The number of hydrogen-bond acceptors (Lipinski definition) is 3. The Morgan fingerprint density at radius 2 is 2.00 bits per heavy atom. The number of nitrogens with one attached hydrogen (secondary N) is 2. The van der Waals surface area contributed by atoms with Crippen LogP contribution in [0.5, 0.6) is 0 Å². The van der Waals surface area contributed by atoms with Crippen molar-refractivity contribution in [2.24, 2.45) is 5.73 Å². The molecule has 0 atom stereocenters. The van der Waals surface area contributed by atoms with Crippen LogP contribution in [0.25, 0.3) is 21.8 Å². The first-order valence-electron chi connectivity index (χ1n) is 6.12. The van der Waals surface area contributed by atoms with E-state index in [4.69, 9.17) is 5.73 Å². The van der Waals surface area contributed by atoms with Crippen LogP contribution in [0.3, 0.4) is 0 Å². The highest BCUT2D eigenvalue weighted by molar-refractivity contribution is 6.07. The van der Waals surface area contributed by atoms with Gasteiger partial charge in [0, 0.05) is 29.0 Å². The van der Waals surface area contributed by atoms with E-state index in [2.05, 4.69) is 15.2 Å². The third kappa shape index (κ3) is 1.63. The standard InChI is InChI=1S/C13H12F2N4O/c1-5-9-11-10(6(14)4-8(20)12(11)15)7(2-3-16)17-13(9)19-18-5/h4H,2-3,16H2,1H3,(H2,17,18,19). The number of pyridine rings is 1. The molecule has 2 aromatic heterocycles. The minimum absolute atomic E-state index is 0.0242. The van der Waals surface area contributed by atoms with E-state index < -0.39 is 17.1 Å². The number of halogens is 2. The van der Waals surface area contributed by atoms with Gasteiger partial charge in [-0.1, -0.05) is 0 Å². The lowest BCUT2D eigenvalue weighted by Crippen LogP contribution is -2.11. The SMILES string of the molecule is Cc1[nH][nH]c2nc(CCN)c3c(F)cc(=O)c(F)c3c12. The zero-order valence-electron chi connectivity index (χ0n) is 10.7. The zero-order chi connectivity index (χ0) is 14.4. The number of aromatic amines is 2. The molecule has 4 N–H and O–H groups in total. The van der Waals surface area contributed by atoms with Crippen LogP contribution in [-0.2, 0) is 6.42 Å². The summed E-state index contributed by atoms with van der Waals surface area (Å²) in [5, 5.41) is 5.94. The van der Waals surface area contributed by atoms with E-state index in [0.717, 1.165) is 0 Å². The zero-order valence-corrected chi connectivity index (χ0v) is 10.7. The van der Waals surface area contributed by atoms with Crippen LogP contribution in [0.2, 0.25) is 0 Å². The van der Waals surface area contributed by atoms with Crippen LogP contribution in [0.15, 0.2) is 10.9 Å². The maximum Gasteiger partial charge on any atom is 0.217 e. The van der Waals surface area contributed by atoms with E-state index in [9.17, 15) is 13.6 Å². The molecular formula is C13H12F2N4O. The molecule has 2 heterocycles. The Morgan fingerprint density at radius 3 is 2.70 bits per heavy atom. The first kappa shape index (κ1) is 12.7. The van der Waals surface area contributed by atoms with Gasteiger partial charge in [0.05, 0.1) is 11.1 Å². The van der Waals surface area contributed by atoms with Gasteiger partial charge in [0.25, 0.3) is 0 Å². The van der Waals surface area contributed by atoms with Crippen molar-refractivity contribution in [1.29, 1.82) is 0 Å². The molecule has 104 valence electrons. The summed E-state index contributed by atoms with van der Waals surface area (Å²) in [7, 11) is 0. The number of aromatic nitrogens is 3. The molecule has 0 saturated heterocycles. The molecule has 0 spiro atoms. The highest BCUT2D eigenvalue weighted by Crippen LogP contribution is 2.30. The molecule has 5 nitrogen and oxygen atoms in total. The van der Waals surface area contributed by atoms with Gasteiger partial charge >= 0.3 is 0 Å². The molecule has 1 aromatic carbocycles. The summed E-state index contributed by atoms with van der Waals surface area (Å²) >= 11 is 0. The molecular weight excluding hydrogens is 266 g/mol. The van der Waals surface area contributed by atoms with Gasteiger partial charge in [-0.2, -0.15) is 0 Å². The Morgan fingerprint density at radius 1 is 1.25 bits per heavy atom. The Labute approximate surface area is 111 Å². The molecule has 0 fully saturated rings. The number of hydrogen-bond donors (Lipinski definition) is 3. The summed E-state index contributed by atoms with van der Waals surface area (Å²) in [5.74, 6) is -1.74. The minimum Gasteiger partial charge on any atom is -0.330 e. The lowest BCUT2D eigenvalue weighted by atomic mass is 10.0. The smallest absolute Gasteiger partial charge is 0.217 e. The summed E-state index contributed by atoms with van der Waals surface area (Å²) in [6.07, 6.45) is 0.291. The van der Waals surface area contributed by atoms with E-state index in [-0.39, 0.29) is 17.3 Å². The third-order valence-corrected chi connectivity index (χ3v) is 3.33. The van der Waals surface area contributed by atoms with Crippen molar-refractivity contribution in [1.82, 2.24) is 15.2 Å². The molecule has 3 rings (SSSR count). The van der Waals surface area contributed by atoms with Gasteiger partial charge in [0.1, 0.15) is 5.82 Å². The van der Waals surface area contributed by atoms with Crippen molar-refractivity contribution in [3.8, 4) is 0 Å². The van der Waals surface area contributed by atoms with Crippen molar-refractivity contribution < 1.29 is 8.78 Å². The van der Waals surface area contributed by atoms with E-state index >= 15 is 0 Å². The molecule has 3 aromatic rings. The summed E-state index contributed by atoms with van der Waals surface area (Å²) in [6.45, 7) is 1.94. The molecule has 0 aliphatic heterocycles. The quantitative estimate of drug-likeness (QED) is 0.663. The Hall–Kier alpha value is -2.28. The maximum absolute atomic E-state index is 14.2. The molecule has 0 unspecified atom stereocenters. The van der Waals surface area contributed by atoms with Crippen LogP contribution < -0.4 is 11.2 Å². The second-order valence-corrected chi connectivity index (χ2v) is 4.62. The summed E-state index contributed by atoms with van der Waals surface area (Å²) in [4.78, 5) is 15.8. The van der Waals surface area contributed by atoms with Crippen LogP contribution in [0.1, 0.15) is 11.4 Å². The number of fused-ring (bicyclic) bond motifs is 3. The third-order valence-electron chi connectivity index (χ3n) is 3.33. The Kier molecular flexibility index (Phi) is 2.79. The first-order chi connectivity index (χ1) is 9.54. The minimum atomic E-state index is -0.971. The summed E-state index contributed by atoms with van der Waals surface area (Å²) in [6, 6.07) is 0.650. The number of aryl methyl sites for hydroxylation is 1. The van der Waals surface area contributed by atoms with Crippen molar-refractivity contribution >= 4 is 21.8 Å². The van der Waals surface area contributed by atoms with Gasteiger partial charge in [-0.25, -0.2) is 13.8 Å². The molecule has 0 radical (unpaired) electrons. The fourth-order valence-corrected chi connectivity index (χ4v) is 2.47. The highest BCUT2D eigenvalue weighted by atomic mass is 19.1. The van der Waals surface area contributed by atoms with Crippen LogP contribution >= 0.6 is 0 Å². The molecule has 0 aliphatic rings. The predicted octanol–water partition coefficient (Wildman–Crippen LogP) is 1.49. The largest absolute Gasteiger partial charge is 0.330 e. The summed E-state index contributed by atoms with van der Waals surface area (Å²) < 4.78 is 28.3. The number of H-pyrrole nitrogens is 2. The van der Waals surface area contributed by atoms with E-state index in [1.807, 2.05) is 0 Å². The molecule has 20 heavy (non-hydrogen) atoms. The number of nitrogens with two attached hydrogens (primary N) is 1. The number of rotatable bonds is 2. The van der Waals surface area contributed by atoms with Crippen LogP contribution in [0, 0.1) is 18.6 Å². The number of nitrogens with zero attached hydrogens (tertiary/aromatic N) is 1. The van der Waals surface area contributed by atoms with Gasteiger partial charge in [-0.15, -0.1) is 0 Å². The van der Waals surface area contributed by atoms with Crippen LogP contribution in [0.4, 0.5) is 8.78 Å². The van der Waals surface area contributed by atoms with Crippen molar-refractivity contribution in [2.75, 3.05) is 6.54 Å². The van der Waals surface area contributed by atoms with Gasteiger partial charge in [0.2, 0.25) is 5.43 Å². The lowest BCUT2D eigenvalue weighted by molar-refractivity contribution is 0.608. The molecule has 7 heteroatoms. The topological polar surface area (TPSA) is 87.6 Å². The highest BCUT2D eigenvalue weighted by Gasteiger charge is 2.20. The lowest BCUT2D eigenvalue weighted by Gasteiger charge is -2.08. The van der Waals surface area contributed by atoms with Crippen LogP contribution in [-0.4, -0.2) is 21.7 Å². The number of benzene rings is 1. The van der Waals surface area contributed by atoms with Crippen molar-refractivity contribution in [3.05, 3.63) is 39.3 Å². The van der Waals surface area contributed by atoms with E-state index in [0.29, 0.717) is 34.9 Å². The van der Waals surface area contributed by atoms with Crippen molar-refractivity contribution in [3.63, 3.8) is 0 Å². The van der Waals surface area contributed by atoms with Gasteiger partial charge in [0.15, 0.2) is 11.5 Å². The molecule has 0 aliphatic carbocycles. The Bertz CT molecular complexity index is 882. The van der Waals surface area contributed by atoms with Crippen molar-refractivity contribution in [2.45, 2.75) is 13.3 Å². The van der Waals surface area contributed by atoms with Gasteiger partial charge in [-0.3, -0.25) is 9.89 Å². The normalized spacial score (nSPS) is 11.6. The average Bonchev–Trinajstić information content (AvgIpc) is 2.77. The van der Waals surface area contributed by atoms with Gasteiger partial charge in [-0.05, 0) is 13.5 Å². The predicted molar refractivity (Wildman–Crippen MR) is 71.6 cm³/mol. The van der Waals surface area contributed by atoms with E-state index in [1.165, 1.54) is 0 Å². The Balaban J connectivity index is 2.65. The second-order valence-electron chi connectivity index (χ2n) is 4.62.